The minimum absolute atomic E-state index is 0.200. The first-order chi connectivity index (χ1) is 21.5. The van der Waals surface area contributed by atoms with Crippen LogP contribution in [0.25, 0.3) is 0 Å². The van der Waals surface area contributed by atoms with Crippen molar-refractivity contribution in [3.8, 4) is 0 Å². The van der Waals surface area contributed by atoms with E-state index in [1.54, 1.807) is 0 Å². The molecule has 0 heterocycles. The third-order valence-corrected chi connectivity index (χ3v) is 9.77. The van der Waals surface area contributed by atoms with Gasteiger partial charge >= 0.3 is 0 Å². The summed E-state index contributed by atoms with van der Waals surface area (Å²) >= 11 is 0. The number of unbranched alkanes of at least 4 members (excludes halogenated alkanes) is 30. The first-order valence-corrected chi connectivity index (χ1v) is 20.2. The smallest absolute Gasteiger partial charge is 0.162 e. The van der Waals surface area contributed by atoms with Crippen LogP contribution in [-0.4, -0.2) is 34.2 Å². The molecule has 4 heteroatoms. The molecule has 0 aromatic rings. The lowest BCUT2D eigenvalue weighted by atomic mass is 9.95. The number of Topliss-reactive ketones (excluding diaryl/α,β-unsaturated/α-hetero) is 1. The summed E-state index contributed by atoms with van der Waals surface area (Å²) in [6.07, 6.45) is 40.9. The van der Waals surface area contributed by atoms with E-state index >= 15 is 0 Å². The van der Waals surface area contributed by atoms with Gasteiger partial charge < -0.3 is 15.9 Å². The molecule has 0 fully saturated rings. The maximum absolute atomic E-state index is 12.4. The molecule has 0 saturated heterocycles. The summed E-state index contributed by atoms with van der Waals surface area (Å²) in [4.78, 5) is 12.4. The maximum atomic E-state index is 12.4. The number of ketones is 1. The van der Waals surface area contributed by atoms with Crippen LogP contribution in [0.1, 0.15) is 232 Å². The van der Waals surface area contributed by atoms with Crippen molar-refractivity contribution in [1.82, 2.24) is 0 Å². The highest BCUT2D eigenvalue weighted by atomic mass is 16.3. The Kier molecular flexibility index (Phi) is 35.0. The number of nitrogens with two attached hydrogens (primary N) is 1. The molecular weight excluding hydrogens is 542 g/mol. The Balaban J connectivity index is 3.49. The van der Waals surface area contributed by atoms with Crippen LogP contribution in [-0.2, 0) is 4.79 Å². The molecule has 0 saturated carbocycles. The molecule has 0 aliphatic heterocycles. The second-order valence-electron chi connectivity index (χ2n) is 14.2. The van der Waals surface area contributed by atoms with Gasteiger partial charge in [0.25, 0.3) is 0 Å². The van der Waals surface area contributed by atoms with Crippen LogP contribution in [0.3, 0.4) is 0 Å². The van der Waals surface area contributed by atoms with E-state index in [1.165, 1.54) is 173 Å². The molecule has 0 bridgehead atoms. The topological polar surface area (TPSA) is 83.5 Å². The first-order valence-electron chi connectivity index (χ1n) is 20.2. The summed E-state index contributed by atoms with van der Waals surface area (Å²) in [6.45, 7) is 4.55. The molecule has 44 heavy (non-hydrogen) atoms. The highest BCUT2D eigenvalue weighted by molar-refractivity contribution is 5.83. The van der Waals surface area contributed by atoms with Gasteiger partial charge in [0.2, 0.25) is 0 Å². The number of aliphatic hydroxyl groups is 2. The van der Waals surface area contributed by atoms with Gasteiger partial charge in [0.1, 0.15) is 6.10 Å². The van der Waals surface area contributed by atoms with Crippen LogP contribution in [0.2, 0.25) is 0 Å². The summed E-state index contributed by atoms with van der Waals surface area (Å²) in [5.74, 6) is -0.200. The Morgan fingerprint density at radius 1 is 0.432 bits per heavy atom. The summed E-state index contributed by atoms with van der Waals surface area (Å²) in [6, 6.07) is -0.861. The molecule has 0 aliphatic rings. The Labute approximate surface area is 276 Å². The van der Waals surface area contributed by atoms with Crippen molar-refractivity contribution in [1.29, 1.82) is 0 Å². The molecule has 0 rings (SSSR count). The van der Waals surface area contributed by atoms with Crippen LogP contribution in [0.5, 0.6) is 0 Å². The Bertz CT molecular complexity index is 569. The quantitative estimate of drug-likeness (QED) is 0.0601. The molecule has 0 radical (unpaired) electrons. The van der Waals surface area contributed by atoms with Crippen molar-refractivity contribution in [3.63, 3.8) is 0 Å². The normalized spacial score (nSPS) is 13.8. The van der Waals surface area contributed by atoms with Crippen LogP contribution < -0.4 is 5.73 Å². The molecule has 264 valence electrons. The third kappa shape index (κ3) is 30.2. The van der Waals surface area contributed by atoms with E-state index in [0.717, 1.165) is 32.1 Å². The Morgan fingerprint density at radius 3 is 0.977 bits per heavy atom. The predicted molar refractivity (Wildman–Crippen MR) is 193 cm³/mol. The number of carbonyl (C=O) groups is 1. The van der Waals surface area contributed by atoms with E-state index < -0.39 is 18.2 Å². The van der Waals surface area contributed by atoms with Gasteiger partial charge in [-0.15, -0.1) is 0 Å². The Morgan fingerprint density at radius 2 is 0.682 bits per heavy atom. The fourth-order valence-electron chi connectivity index (χ4n) is 6.51. The molecule has 1 unspecified atom stereocenters. The van der Waals surface area contributed by atoms with E-state index in [1.807, 2.05) is 0 Å². The van der Waals surface area contributed by atoms with E-state index in [2.05, 4.69) is 13.8 Å². The third-order valence-electron chi connectivity index (χ3n) is 9.77. The molecule has 4 N–H and O–H groups in total. The second kappa shape index (κ2) is 35.4. The highest BCUT2D eigenvalue weighted by Crippen LogP contribution is 2.17. The fraction of sp³-hybridized carbons (Fsp3) is 0.975. The SMILES string of the molecule is CCCCCCCCCCCCCCCCCCCCCC(=O)C(O)[C@@H](N)[C@H](O)CCCCCCCCCCCCCCC. The lowest BCUT2D eigenvalue weighted by Gasteiger charge is -2.23. The van der Waals surface area contributed by atoms with Crippen molar-refractivity contribution >= 4 is 5.78 Å². The molecule has 0 spiro atoms. The van der Waals surface area contributed by atoms with Crippen molar-refractivity contribution in [2.45, 2.75) is 250 Å². The number of aliphatic hydroxyl groups excluding tert-OH is 2. The van der Waals surface area contributed by atoms with Crippen molar-refractivity contribution in [3.05, 3.63) is 0 Å². The van der Waals surface area contributed by atoms with Crippen molar-refractivity contribution in [2.24, 2.45) is 5.73 Å². The van der Waals surface area contributed by atoms with Gasteiger partial charge in [-0.2, -0.15) is 0 Å². The molecule has 3 atom stereocenters. The van der Waals surface area contributed by atoms with Crippen molar-refractivity contribution in [2.75, 3.05) is 0 Å². The summed E-state index contributed by atoms with van der Waals surface area (Å²) in [5.41, 5.74) is 6.06. The monoisotopic (exact) mass is 624 g/mol. The van der Waals surface area contributed by atoms with Crippen LogP contribution in [0.15, 0.2) is 0 Å². The fourth-order valence-corrected chi connectivity index (χ4v) is 6.51. The standard InChI is InChI=1S/C40H81NO3/c1-3-5-7-9-11-13-15-17-18-19-20-21-22-24-26-28-30-32-34-36-38(43)40(44)39(41)37(42)35-33-31-29-27-25-23-16-14-12-10-8-6-4-2/h37,39-40,42,44H,3-36,41H2,1-2H3/t37-,39+,40?/m1/s1. The summed E-state index contributed by atoms with van der Waals surface area (Å²) in [7, 11) is 0. The second-order valence-corrected chi connectivity index (χ2v) is 14.2. The van der Waals surface area contributed by atoms with Crippen LogP contribution >= 0.6 is 0 Å². The average molecular weight is 624 g/mol. The average Bonchev–Trinajstić information content (AvgIpc) is 3.03. The number of rotatable bonds is 37. The number of hydrogen-bond donors (Lipinski definition) is 3. The first kappa shape index (κ1) is 43.5. The molecule has 0 aliphatic carbocycles. The van der Waals surface area contributed by atoms with Crippen molar-refractivity contribution < 1.29 is 15.0 Å². The zero-order valence-corrected chi connectivity index (χ0v) is 30.2. The van der Waals surface area contributed by atoms with E-state index in [0.29, 0.717) is 12.8 Å². The highest BCUT2D eigenvalue weighted by Gasteiger charge is 2.27. The molecular formula is C40H81NO3. The van der Waals surface area contributed by atoms with Gasteiger partial charge in [-0.25, -0.2) is 0 Å². The minimum atomic E-state index is -1.23. The zero-order chi connectivity index (χ0) is 32.4. The minimum Gasteiger partial charge on any atom is -0.391 e. The molecule has 0 aromatic carbocycles. The lowest BCUT2D eigenvalue weighted by molar-refractivity contribution is -0.129. The van der Waals surface area contributed by atoms with Gasteiger partial charge in [0.05, 0.1) is 12.1 Å². The summed E-state index contributed by atoms with van der Waals surface area (Å²) in [5, 5.41) is 20.8. The predicted octanol–water partition coefficient (Wildman–Crippen LogP) is 11.9. The number of hydrogen-bond acceptors (Lipinski definition) is 4. The number of carbonyl (C=O) groups excluding carboxylic acids is 1. The van der Waals surface area contributed by atoms with Gasteiger partial charge in [-0.05, 0) is 12.8 Å². The van der Waals surface area contributed by atoms with E-state index in [9.17, 15) is 15.0 Å². The largest absolute Gasteiger partial charge is 0.391 e. The van der Waals surface area contributed by atoms with Crippen LogP contribution in [0, 0.1) is 0 Å². The molecule has 4 nitrogen and oxygen atoms in total. The maximum Gasteiger partial charge on any atom is 0.162 e. The molecule has 0 amide bonds. The zero-order valence-electron chi connectivity index (χ0n) is 30.2. The van der Waals surface area contributed by atoms with Crippen LogP contribution in [0.4, 0.5) is 0 Å². The van der Waals surface area contributed by atoms with Gasteiger partial charge in [-0.1, -0.05) is 213 Å². The van der Waals surface area contributed by atoms with Gasteiger partial charge in [0, 0.05) is 6.42 Å². The van der Waals surface area contributed by atoms with E-state index in [-0.39, 0.29) is 5.78 Å². The van der Waals surface area contributed by atoms with Gasteiger partial charge in [-0.3, -0.25) is 4.79 Å². The summed E-state index contributed by atoms with van der Waals surface area (Å²) < 4.78 is 0. The molecule has 0 aromatic heterocycles. The van der Waals surface area contributed by atoms with E-state index in [4.69, 9.17) is 5.73 Å². The van der Waals surface area contributed by atoms with Gasteiger partial charge in [0.15, 0.2) is 5.78 Å². The Hall–Kier alpha value is -0.450. The lowest BCUT2D eigenvalue weighted by Crippen LogP contribution is -2.48.